The van der Waals surface area contributed by atoms with Gasteiger partial charge >= 0.3 is 0 Å². The van der Waals surface area contributed by atoms with Gasteiger partial charge < -0.3 is 10.6 Å². The predicted octanol–water partition coefficient (Wildman–Crippen LogP) is 4.24. The minimum Gasteiger partial charge on any atom is -0.373 e. The minimum atomic E-state index is 0.577. The molecule has 2 rings (SSSR count). The summed E-state index contributed by atoms with van der Waals surface area (Å²) in [7, 11) is 1.93. The molecule has 4 heteroatoms. The van der Waals surface area contributed by atoms with Crippen LogP contribution in [0.4, 0.5) is 11.6 Å². The van der Waals surface area contributed by atoms with Crippen molar-refractivity contribution in [2.75, 3.05) is 17.7 Å². The van der Waals surface area contributed by atoms with Crippen molar-refractivity contribution < 1.29 is 0 Å². The SMILES string of the molecule is CCCc1c(NC)ncnc1NC1CCC(CCC)CC1. The Morgan fingerprint density at radius 2 is 1.76 bits per heavy atom. The van der Waals surface area contributed by atoms with Crippen LogP contribution < -0.4 is 10.6 Å². The zero-order valence-corrected chi connectivity index (χ0v) is 13.8. The van der Waals surface area contributed by atoms with E-state index in [-0.39, 0.29) is 0 Å². The third-order valence-corrected chi connectivity index (χ3v) is 4.57. The van der Waals surface area contributed by atoms with E-state index in [4.69, 9.17) is 0 Å². The highest BCUT2D eigenvalue weighted by Gasteiger charge is 2.22. The van der Waals surface area contributed by atoms with Crippen molar-refractivity contribution >= 4 is 11.6 Å². The number of anilines is 2. The van der Waals surface area contributed by atoms with Crippen LogP contribution in [-0.2, 0) is 6.42 Å². The van der Waals surface area contributed by atoms with E-state index in [0.717, 1.165) is 30.4 Å². The van der Waals surface area contributed by atoms with Gasteiger partial charge in [0.2, 0.25) is 0 Å². The number of nitrogens with one attached hydrogen (secondary N) is 2. The van der Waals surface area contributed by atoms with Gasteiger partial charge in [-0.05, 0) is 38.0 Å². The molecule has 0 spiro atoms. The lowest BCUT2D eigenvalue weighted by Crippen LogP contribution is -2.27. The van der Waals surface area contributed by atoms with Crippen LogP contribution in [0.5, 0.6) is 0 Å². The number of rotatable bonds is 7. The highest BCUT2D eigenvalue weighted by Crippen LogP contribution is 2.30. The molecule has 0 bridgehead atoms. The van der Waals surface area contributed by atoms with Crippen LogP contribution in [0.15, 0.2) is 6.33 Å². The predicted molar refractivity (Wildman–Crippen MR) is 89.9 cm³/mol. The second-order valence-corrected chi connectivity index (χ2v) is 6.20. The molecule has 0 unspecified atom stereocenters. The van der Waals surface area contributed by atoms with Crippen LogP contribution in [0.1, 0.15) is 64.4 Å². The van der Waals surface area contributed by atoms with Gasteiger partial charge in [-0.1, -0.05) is 33.1 Å². The highest BCUT2D eigenvalue weighted by molar-refractivity contribution is 5.57. The quantitative estimate of drug-likeness (QED) is 0.788. The lowest BCUT2D eigenvalue weighted by atomic mass is 9.83. The number of hydrogen-bond acceptors (Lipinski definition) is 4. The maximum atomic E-state index is 4.49. The summed E-state index contributed by atoms with van der Waals surface area (Å²) < 4.78 is 0. The van der Waals surface area contributed by atoms with Gasteiger partial charge in [-0.3, -0.25) is 0 Å². The molecule has 1 aromatic heterocycles. The molecule has 0 radical (unpaired) electrons. The summed E-state index contributed by atoms with van der Waals surface area (Å²) in [6.07, 6.45) is 11.8. The van der Waals surface area contributed by atoms with Crippen LogP contribution >= 0.6 is 0 Å². The molecule has 1 fully saturated rings. The zero-order chi connectivity index (χ0) is 15.1. The Hall–Kier alpha value is -1.32. The zero-order valence-electron chi connectivity index (χ0n) is 13.8. The van der Waals surface area contributed by atoms with E-state index in [9.17, 15) is 0 Å². The maximum Gasteiger partial charge on any atom is 0.134 e. The van der Waals surface area contributed by atoms with E-state index < -0.39 is 0 Å². The van der Waals surface area contributed by atoms with Gasteiger partial charge in [0.15, 0.2) is 0 Å². The third kappa shape index (κ3) is 4.32. The van der Waals surface area contributed by atoms with Crippen molar-refractivity contribution in [2.24, 2.45) is 5.92 Å². The first kappa shape index (κ1) is 16.1. The molecule has 1 aliphatic carbocycles. The van der Waals surface area contributed by atoms with Crippen LogP contribution in [0.2, 0.25) is 0 Å². The van der Waals surface area contributed by atoms with E-state index in [1.54, 1.807) is 6.33 Å². The second kappa shape index (κ2) is 8.20. The molecule has 2 N–H and O–H groups in total. The fourth-order valence-electron chi connectivity index (χ4n) is 3.44. The Labute approximate surface area is 129 Å². The monoisotopic (exact) mass is 290 g/mol. The van der Waals surface area contributed by atoms with E-state index >= 15 is 0 Å². The summed E-state index contributed by atoms with van der Waals surface area (Å²) in [6, 6.07) is 0.577. The first-order valence-electron chi connectivity index (χ1n) is 8.56. The molecule has 0 aliphatic heterocycles. The van der Waals surface area contributed by atoms with Crippen molar-refractivity contribution in [1.82, 2.24) is 9.97 Å². The van der Waals surface area contributed by atoms with Crippen LogP contribution in [0, 0.1) is 5.92 Å². The maximum absolute atomic E-state index is 4.49. The topological polar surface area (TPSA) is 49.8 Å². The molecule has 1 aliphatic rings. The summed E-state index contributed by atoms with van der Waals surface area (Å²) in [5.74, 6) is 2.95. The lowest BCUT2D eigenvalue weighted by Gasteiger charge is -2.30. The first-order valence-corrected chi connectivity index (χ1v) is 8.56. The molecule has 0 saturated heterocycles. The van der Waals surface area contributed by atoms with Crippen molar-refractivity contribution in [3.8, 4) is 0 Å². The largest absolute Gasteiger partial charge is 0.373 e. The van der Waals surface area contributed by atoms with Gasteiger partial charge in [0.25, 0.3) is 0 Å². The van der Waals surface area contributed by atoms with Crippen molar-refractivity contribution in [1.29, 1.82) is 0 Å². The number of nitrogens with zero attached hydrogens (tertiary/aromatic N) is 2. The van der Waals surface area contributed by atoms with Crippen molar-refractivity contribution in [2.45, 2.75) is 71.3 Å². The van der Waals surface area contributed by atoms with Gasteiger partial charge in [0, 0.05) is 18.7 Å². The van der Waals surface area contributed by atoms with Crippen molar-refractivity contribution in [3.05, 3.63) is 11.9 Å². The second-order valence-electron chi connectivity index (χ2n) is 6.20. The molecular formula is C17H30N4. The summed E-state index contributed by atoms with van der Waals surface area (Å²) in [5.41, 5.74) is 1.23. The molecule has 1 heterocycles. The van der Waals surface area contributed by atoms with Crippen molar-refractivity contribution in [3.63, 3.8) is 0 Å². The first-order chi connectivity index (χ1) is 10.3. The summed E-state index contributed by atoms with van der Waals surface area (Å²) in [5, 5.41) is 6.87. The fourth-order valence-corrected chi connectivity index (χ4v) is 3.44. The molecule has 0 aromatic carbocycles. The van der Waals surface area contributed by atoms with E-state index in [1.807, 2.05) is 7.05 Å². The smallest absolute Gasteiger partial charge is 0.134 e. The number of hydrogen-bond donors (Lipinski definition) is 2. The molecule has 0 amide bonds. The van der Waals surface area contributed by atoms with Gasteiger partial charge in [-0.15, -0.1) is 0 Å². The Morgan fingerprint density at radius 3 is 2.38 bits per heavy atom. The molecule has 0 atom stereocenters. The van der Waals surface area contributed by atoms with Crippen LogP contribution in [0.25, 0.3) is 0 Å². The fraction of sp³-hybridized carbons (Fsp3) is 0.765. The molecule has 21 heavy (non-hydrogen) atoms. The normalized spacial score (nSPS) is 22.0. The van der Waals surface area contributed by atoms with Gasteiger partial charge in [-0.25, -0.2) is 9.97 Å². The van der Waals surface area contributed by atoms with E-state index in [0.29, 0.717) is 6.04 Å². The van der Waals surface area contributed by atoms with E-state index in [1.165, 1.54) is 44.1 Å². The van der Waals surface area contributed by atoms with E-state index in [2.05, 4.69) is 34.4 Å². The van der Waals surface area contributed by atoms with Gasteiger partial charge in [0.05, 0.1) is 0 Å². The highest BCUT2D eigenvalue weighted by atomic mass is 15.1. The summed E-state index contributed by atoms with van der Waals surface area (Å²) >= 11 is 0. The average molecular weight is 290 g/mol. The molecule has 1 aromatic rings. The lowest BCUT2D eigenvalue weighted by molar-refractivity contribution is 0.318. The Kier molecular flexibility index (Phi) is 6.27. The Balaban J connectivity index is 2.00. The van der Waals surface area contributed by atoms with Crippen LogP contribution in [0.3, 0.4) is 0 Å². The number of aromatic nitrogens is 2. The summed E-state index contributed by atoms with van der Waals surface area (Å²) in [4.78, 5) is 8.84. The Bertz CT molecular complexity index is 425. The Morgan fingerprint density at radius 1 is 1.05 bits per heavy atom. The minimum absolute atomic E-state index is 0.577. The van der Waals surface area contributed by atoms with Gasteiger partial charge in [-0.2, -0.15) is 0 Å². The molecule has 1 saturated carbocycles. The molecule has 118 valence electrons. The standard InChI is InChI=1S/C17H30N4/c1-4-6-13-8-10-14(11-9-13)21-17-15(7-5-2)16(18-3)19-12-20-17/h12-14H,4-11H2,1-3H3,(H2,18,19,20,21). The van der Waals surface area contributed by atoms with Gasteiger partial charge in [0.1, 0.15) is 18.0 Å². The average Bonchev–Trinajstić information content (AvgIpc) is 2.51. The molecule has 4 nitrogen and oxygen atoms in total. The third-order valence-electron chi connectivity index (χ3n) is 4.57. The molecular weight excluding hydrogens is 260 g/mol. The summed E-state index contributed by atoms with van der Waals surface area (Å²) in [6.45, 7) is 4.49. The van der Waals surface area contributed by atoms with Crippen LogP contribution in [-0.4, -0.2) is 23.1 Å².